The zero-order valence-electron chi connectivity index (χ0n) is 11.1. The van der Waals surface area contributed by atoms with Crippen LogP contribution in [0.1, 0.15) is 18.2 Å². The van der Waals surface area contributed by atoms with E-state index in [1.54, 1.807) is 11.3 Å². The van der Waals surface area contributed by atoms with Crippen molar-refractivity contribution in [3.05, 3.63) is 22.4 Å². The fourth-order valence-corrected chi connectivity index (χ4v) is 2.76. The molecule has 1 unspecified atom stereocenters. The maximum atomic E-state index is 12.2. The summed E-state index contributed by atoms with van der Waals surface area (Å²) >= 11 is 1.69. The van der Waals surface area contributed by atoms with Crippen LogP contribution >= 0.6 is 23.7 Å². The molecule has 6 heteroatoms. The van der Waals surface area contributed by atoms with Gasteiger partial charge in [-0.2, -0.15) is 0 Å². The van der Waals surface area contributed by atoms with E-state index in [-0.39, 0.29) is 24.4 Å². The summed E-state index contributed by atoms with van der Waals surface area (Å²) in [5.74, 6) is 0.180. The van der Waals surface area contributed by atoms with Gasteiger partial charge in [0.15, 0.2) is 0 Å². The maximum Gasteiger partial charge on any atom is 0.225 e. The highest BCUT2D eigenvalue weighted by atomic mass is 35.5. The largest absolute Gasteiger partial charge is 0.375 e. The number of carbonyl (C=O) groups is 1. The number of nitrogens with zero attached hydrogens (tertiary/aromatic N) is 1. The molecule has 1 saturated heterocycles. The first-order chi connectivity index (χ1) is 8.79. The molecule has 4 nitrogen and oxygen atoms in total. The molecule has 1 aromatic rings. The molecule has 1 amide bonds. The van der Waals surface area contributed by atoms with Crippen LogP contribution in [-0.2, 0) is 16.1 Å². The topological polar surface area (TPSA) is 41.6 Å². The SMILES string of the molecule is CCN(Cc1cccs1)C(=O)CC1CNCCO1.Cl. The van der Waals surface area contributed by atoms with Crippen molar-refractivity contribution in [2.75, 3.05) is 26.2 Å². The zero-order chi connectivity index (χ0) is 12.8. The van der Waals surface area contributed by atoms with E-state index < -0.39 is 0 Å². The van der Waals surface area contributed by atoms with E-state index >= 15 is 0 Å². The van der Waals surface area contributed by atoms with Gasteiger partial charge >= 0.3 is 0 Å². The Hall–Kier alpha value is -0.620. The summed E-state index contributed by atoms with van der Waals surface area (Å²) in [4.78, 5) is 15.3. The van der Waals surface area contributed by atoms with Crippen LogP contribution in [0.4, 0.5) is 0 Å². The molecule has 1 aliphatic rings. The van der Waals surface area contributed by atoms with E-state index in [1.165, 1.54) is 4.88 Å². The second-order valence-electron chi connectivity index (χ2n) is 4.39. The second-order valence-corrected chi connectivity index (χ2v) is 5.42. The summed E-state index contributed by atoms with van der Waals surface area (Å²) in [6, 6.07) is 4.09. The van der Waals surface area contributed by atoms with Gasteiger partial charge in [0.2, 0.25) is 5.91 Å². The smallest absolute Gasteiger partial charge is 0.225 e. The van der Waals surface area contributed by atoms with Crippen LogP contribution in [0.2, 0.25) is 0 Å². The summed E-state index contributed by atoms with van der Waals surface area (Å²) in [5, 5.41) is 5.29. The van der Waals surface area contributed by atoms with E-state index in [2.05, 4.69) is 11.4 Å². The van der Waals surface area contributed by atoms with Crippen molar-refractivity contribution in [1.29, 1.82) is 0 Å². The highest BCUT2D eigenvalue weighted by Gasteiger charge is 2.20. The summed E-state index contributed by atoms with van der Waals surface area (Å²) in [6.07, 6.45) is 0.510. The number of rotatable bonds is 5. The number of hydrogen-bond donors (Lipinski definition) is 1. The Bertz CT molecular complexity index is 367. The van der Waals surface area contributed by atoms with Crippen LogP contribution in [0.3, 0.4) is 0 Å². The Morgan fingerprint density at radius 2 is 2.47 bits per heavy atom. The minimum absolute atomic E-state index is 0. The normalized spacial score (nSPS) is 18.7. The van der Waals surface area contributed by atoms with Crippen LogP contribution in [0.15, 0.2) is 17.5 Å². The molecule has 1 aromatic heterocycles. The molecule has 0 aromatic carbocycles. The Morgan fingerprint density at radius 1 is 1.63 bits per heavy atom. The third-order valence-electron chi connectivity index (χ3n) is 3.07. The number of nitrogens with one attached hydrogen (secondary N) is 1. The molecule has 19 heavy (non-hydrogen) atoms. The predicted molar refractivity (Wildman–Crippen MR) is 79.9 cm³/mol. The summed E-state index contributed by atoms with van der Waals surface area (Å²) in [5.41, 5.74) is 0. The molecule has 1 atom stereocenters. The molecule has 2 rings (SSSR count). The van der Waals surface area contributed by atoms with Crippen LogP contribution in [0.5, 0.6) is 0 Å². The van der Waals surface area contributed by atoms with E-state index in [0.29, 0.717) is 19.6 Å². The van der Waals surface area contributed by atoms with Gasteiger partial charge in [0, 0.05) is 24.5 Å². The second kappa shape index (κ2) is 8.53. The first kappa shape index (κ1) is 16.4. The fourth-order valence-electron chi connectivity index (χ4n) is 2.04. The lowest BCUT2D eigenvalue weighted by Gasteiger charge is -2.26. The number of amides is 1. The summed E-state index contributed by atoms with van der Waals surface area (Å²) in [6.45, 7) is 5.85. The van der Waals surface area contributed by atoms with Crippen LogP contribution in [-0.4, -0.2) is 43.2 Å². The first-order valence-corrected chi connectivity index (χ1v) is 7.30. The molecule has 108 valence electrons. The number of ether oxygens (including phenoxy) is 1. The summed E-state index contributed by atoms with van der Waals surface area (Å²) in [7, 11) is 0. The van der Waals surface area contributed by atoms with Gasteiger partial charge in [0.05, 0.1) is 25.7 Å². The minimum Gasteiger partial charge on any atom is -0.375 e. The van der Waals surface area contributed by atoms with Gasteiger partial charge in [-0.05, 0) is 18.4 Å². The number of hydrogen-bond acceptors (Lipinski definition) is 4. The molecule has 0 saturated carbocycles. The van der Waals surface area contributed by atoms with E-state index in [0.717, 1.165) is 19.6 Å². The highest BCUT2D eigenvalue weighted by Crippen LogP contribution is 2.13. The van der Waals surface area contributed by atoms with Gasteiger partial charge in [-0.1, -0.05) is 6.07 Å². The lowest BCUT2D eigenvalue weighted by Crippen LogP contribution is -2.42. The van der Waals surface area contributed by atoms with Crippen molar-refractivity contribution in [3.8, 4) is 0 Å². The number of halogens is 1. The average molecular weight is 305 g/mol. The maximum absolute atomic E-state index is 12.2. The molecular weight excluding hydrogens is 284 g/mol. The zero-order valence-corrected chi connectivity index (χ0v) is 12.8. The van der Waals surface area contributed by atoms with Gasteiger partial charge in [0.1, 0.15) is 0 Å². The van der Waals surface area contributed by atoms with Gasteiger partial charge in [-0.3, -0.25) is 4.79 Å². The monoisotopic (exact) mass is 304 g/mol. The van der Waals surface area contributed by atoms with Crippen molar-refractivity contribution < 1.29 is 9.53 Å². The number of thiophene rings is 1. The number of carbonyl (C=O) groups excluding carboxylic acids is 1. The van der Waals surface area contributed by atoms with Crippen molar-refractivity contribution in [2.24, 2.45) is 0 Å². The highest BCUT2D eigenvalue weighted by molar-refractivity contribution is 7.09. The molecule has 1 fully saturated rings. The van der Waals surface area contributed by atoms with E-state index in [9.17, 15) is 4.79 Å². The Kier molecular flexibility index (Phi) is 7.38. The Labute approximate surface area is 124 Å². The molecular formula is C13H21ClN2O2S. The fraction of sp³-hybridized carbons (Fsp3) is 0.615. The predicted octanol–water partition coefficient (Wildman–Crippen LogP) is 1.90. The first-order valence-electron chi connectivity index (χ1n) is 6.42. The minimum atomic E-state index is 0. The van der Waals surface area contributed by atoms with E-state index in [4.69, 9.17) is 4.74 Å². The van der Waals surface area contributed by atoms with Gasteiger partial charge in [-0.15, -0.1) is 23.7 Å². The van der Waals surface area contributed by atoms with Gasteiger partial charge in [0.25, 0.3) is 0 Å². The molecule has 1 N–H and O–H groups in total. The summed E-state index contributed by atoms with van der Waals surface area (Å²) < 4.78 is 5.57. The van der Waals surface area contributed by atoms with Gasteiger partial charge < -0.3 is 15.0 Å². The van der Waals surface area contributed by atoms with Crippen molar-refractivity contribution >= 4 is 29.7 Å². The Balaban J connectivity index is 0.00000180. The third kappa shape index (κ3) is 5.10. The van der Waals surface area contributed by atoms with Gasteiger partial charge in [-0.25, -0.2) is 0 Å². The van der Waals surface area contributed by atoms with Crippen LogP contribution < -0.4 is 5.32 Å². The molecule has 2 heterocycles. The lowest BCUT2D eigenvalue weighted by atomic mass is 10.2. The van der Waals surface area contributed by atoms with E-state index in [1.807, 2.05) is 23.3 Å². The van der Waals surface area contributed by atoms with Crippen molar-refractivity contribution in [1.82, 2.24) is 10.2 Å². The van der Waals surface area contributed by atoms with Crippen LogP contribution in [0, 0.1) is 0 Å². The molecule has 0 aliphatic carbocycles. The number of morpholine rings is 1. The molecule has 0 radical (unpaired) electrons. The Morgan fingerprint density at radius 3 is 3.05 bits per heavy atom. The molecule has 0 bridgehead atoms. The molecule has 1 aliphatic heterocycles. The average Bonchev–Trinajstić information content (AvgIpc) is 2.90. The molecule has 0 spiro atoms. The van der Waals surface area contributed by atoms with Crippen molar-refractivity contribution in [3.63, 3.8) is 0 Å². The standard InChI is InChI=1S/C13H20N2O2S.ClH/c1-2-15(10-12-4-3-7-18-12)13(16)8-11-9-14-5-6-17-11;/h3-4,7,11,14H,2,5-6,8-10H2,1H3;1H. The van der Waals surface area contributed by atoms with Crippen molar-refractivity contribution in [2.45, 2.75) is 26.0 Å². The lowest BCUT2D eigenvalue weighted by molar-refractivity contribution is -0.135. The van der Waals surface area contributed by atoms with Crippen LogP contribution in [0.25, 0.3) is 0 Å². The quantitative estimate of drug-likeness (QED) is 0.903. The third-order valence-corrected chi connectivity index (χ3v) is 3.93.